The van der Waals surface area contributed by atoms with Gasteiger partial charge in [0.15, 0.2) is 0 Å². The maximum atomic E-state index is 12.0. The molecule has 5 heteroatoms. The third kappa shape index (κ3) is 3.11. The van der Waals surface area contributed by atoms with Gasteiger partial charge in [0.1, 0.15) is 5.54 Å². The summed E-state index contributed by atoms with van der Waals surface area (Å²) in [6, 6.07) is 9.58. The minimum atomic E-state index is -0.871. The van der Waals surface area contributed by atoms with Gasteiger partial charge in [0, 0.05) is 12.8 Å². The highest BCUT2D eigenvalue weighted by atomic mass is 16.4. The number of aliphatic carboxylic acids is 1. The van der Waals surface area contributed by atoms with Crippen molar-refractivity contribution in [3.63, 3.8) is 0 Å². The van der Waals surface area contributed by atoms with Crippen molar-refractivity contribution >= 4 is 12.1 Å². The largest absolute Gasteiger partial charge is 0.513 e. The van der Waals surface area contributed by atoms with Crippen LogP contribution >= 0.6 is 0 Å². The molecule has 23 heavy (non-hydrogen) atoms. The third-order valence-electron chi connectivity index (χ3n) is 5.43. The maximum Gasteiger partial charge on any atom is 0.513 e. The molecule has 2 N–H and O–H groups in total. The molecule has 0 aliphatic carbocycles. The number of benzene rings is 1. The summed E-state index contributed by atoms with van der Waals surface area (Å²) in [5.74, 6) is -0.821. The Hall–Kier alpha value is -1.88. The fourth-order valence-electron chi connectivity index (χ4n) is 3.65. The first kappa shape index (κ1) is 17.5. The van der Waals surface area contributed by atoms with Crippen molar-refractivity contribution in [1.29, 1.82) is 0 Å². The van der Waals surface area contributed by atoms with E-state index in [1.165, 1.54) is 0 Å². The molecule has 1 aliphatic rings. The molecule has 0 unspecified atom stereocenters. The summed E-state index contributed by atoms with van der Waals surface area (Å²) < 4.78 is -0.0726. The maximum absolute atomic E-state index is 12.0. The Labute approximate surface area is 137 Å². The van der Waals surface area contributed by atoms with Gasteiger partial charge in [0.25, 0.3) is 0 Å². The molecule has 126 valence electrons. The Morgan fingerprint density at radius 1 is 1.09 bits per heavy atom. The molecule has 1 amide bonds. The number of likely N-dealkylation sites (tertiary alicyclic amines) is 1. The summed E-state index contributed by atoms with van der Waals surface area (Å²) >= 11 is 0. The van der Waals surface area contributed by atoms with Gasteiger partial charge in [-0.15, -0.1) is 0 Å². The van der Waals surface area contributed by atoms with E-state index in [1.807, 2.05) is 51.1 Å². The second-order valence-corrected chi connectivity index (χ2v) is 7.62. The van der Waals surface area contributed by atoms with Gasteiger partial charge in [-0.2, -0.15) is 4.79 Å². The number of nitrogens with zero attached hydrogens (tertiary/aromatic N) is 1. The van der Waals surface area contributed by atoms with E-state index in [2.05, 4.69) is 0 Å². The van der Waals surface area contributed by atoms with Crippen LogP contribution in [0.25, 0.3) is 0 Å². The quantitative estimate of drug-likeness (QED) is 0.837. The van der Waals surface area contributed by atoms with Crippen LogP contribution in [0.3, 0.4) is 0 Å². The number of hydrogen-bond acceptors (Lipinski definition) is 2. The predicted octanol–water partition coefficient (Wildman–Crippen LogP) is 3.39. The average Bonchev–Trinajstić information content (AvgIpc) is 2.47. The summed E-state index contributed by atoms with van der Waals surface area (Å²) in [4.78, 5) is 23.8. The lowest BCUT2D eigenvalue weighted by Crippen LogP contribution is -2.68. The lowest BCUT2D eigenvalue weighted by Gasteiger charge is -2.49. The van der Waals surface area contributed by atoms with Crippen molar-refractivity contribution in [3.8, 4) is 0 Å². The number of carboxylic acid groups (broad SMARTS) is 2. The number of piperidine rings is 1. The first-order valence-corrected chi connectivity index (χ1v) is 8.01. The fraction of sp³-hybridized carbons (Fsp3) is 0.556. The molecule has 1 saturated heterocycles. The number of rotatable bonds is 3. The van der Waals surface area contributed by atoms with Crippen LogP contribution in [-0.2, 0) is 11.2 Å². The molecular weight excluding hydrogens is 294 g/mol. The molecule has 0 spiro atoms. The Bertz CT molecular complexity index is 581. The zero-order chi connectivity index (χ0) is 17.3. The molecule has 1 aromatic carbocycles. The normalized spacial score (nSPS) is 28.3. The Balaban J connectivity index is 2.27. The van der Waals surface area contributed by atoms with Crippen molar-refractivity contribution in [2.45, 2.75) is 45.6 Å². The Morgan fingerprint density at radius 2 is 1.61 bits per heavy atom. The highest BCUT2D eigenvalue weighted by Crippen LogP contribution is 2.41. The summed E-state index contributed by atoms with van der Waals surface area (Å²) in [6.07, 6.45) is 0.338. The van der Waals surface area contributed by atoms with E-state index in [-0.39, 0.29) is 4.48 Å². The smallest absolute Gasteiger partial charge is 0.481 e. The average molecular weight is 320 g/mol. The number of quaternary nitrogens is 1. The van der Waals surface area contributed by atoms with E-state index in [1.54, 1.807) is 0 Å². The molecule has 0 atom stereocenters. The molecule has 2 rings (SSSR count). The summed E-state index contributed by atoms with van der Waals surface area (Å²) in [5, 5.41) is 19.6. The molecule has 0 bridgehead atoms. The van der Waals surface area contributed by atoms with Crippen LogP contribution in [0.5, 0.6) is 0 Å². The zero-order valence-corrected chi connectivity index (χ0v) is 14.1. The first-order chi connectivity index (χ1) is 10.6. The summed E-state index contributed by atoms with van der Waals surface area (Å²) in [7, 11) is 0. The van der Waals surface area contributed by atoms with Gasteiger partial charge in [-0.25, -0.2) is 4.48 Å². The van der Waals surface area contributed by atoms with E-state index in [0.717, 1.165) is 5.56 Å². The fourth-order valence-corrected chi connectivity index (χ4v) is 3.65. The van der Waals surface area contributed by atoms with Gasteiger partial charge in [0.05, 0.1) is 18.5 Å². The molecular formula is C18H26NO4+. The lowest BCUT2D eigenvalue weighted by atomic mass is 9.72. The van der Waals surface area contributed by atoms with Crippen LogP contribution in [0.15, 0.2) is 30.3 Å². The van der Waals surface area contributed by atoms with Crippen LogP contribution in [0.4, 0.5) is 4.79 Å². The molecule has 0 saturated carbocycles. The minimum Gasteiger partial charge on any atom is -0.481 e. The Morgan fingerprint density at radius 3 is 2.00 bits per heavy atom. The summed E-state index contributed by atoms with van der Waals surface area (Å²) in [5.41, 5.74) is -0.339. The molecule has 1 aliphatic heterocycles. The highest BCUT2D eigenvalue weighted by Gasteiger charge is 2.55. The Kier molecular flexibility index (Phi) is 4.53. The van der Waals surface area contributed by atoms with Crippen LogP contribution in [-0.4, -0.2) is 45.4 Å². The monoisotopic (exact) mass is 320 g/mol. The van der Waals surface area contributed by atoms with Crippen molar-refractivity contribution in [1.82, 2.24) is 0 Å². The van der Waals surface area contributed by atoms with Crippen LogP contribution in [0.1, 0.15) is 39.2 Å². The molecule has 1 fully saturated rings. The molecule has 1 heterocycles. The van der Waals surface area contributed by atoms with Gasteiger partial charge in [-0.3, -0.25) is 4.79 Å². The number of carboxylic acids is 1. The lowest BCUT2D eigenvalue weighted by molar-refractivity contribution is -0.909. The molecule has 0 aromatic heterocycles. The van der Waals surface area contributed by atoms with Crippen LogP contribution in [0, 0.1) is 5.41 Å². The topological polar surface area (TPSA) is 74.6 Å². The zero-order valence-electron chi connectivity index (χ0n) is 14.1. The second-order valence-electron chi connectivity index (χ2n) is 7.62. The number of carbonyl (C=O) groups is 2. The van der Waals surface area contributed by atoms with Gasteiger partial charge < -0.3 is 10.2 Å². The van der Waals surface area contributed by atoms with Gasteiger partial charge in [-0.05, 0) is 32.8 Å². The van der Waals surface area contributed by atoms with Gasteiger partial charge >= 0.3 is 12.1 Å². The standard InChI is InChI=1S/C18H25NO4/c1-17(2,3)19(16(22)23)11-9-18(10-12-19,15(20)21)13-14-7-5-4-6-8-14/h4-8H,9-13H2,1-3H3,(H-,20,21,22,23)/p+1. The minimum absolute atomic E-state index is 0.0726. The van der Waals surface area contributed by atoms with E-state index >= 15 is 0 Å². The number of amides is 1. The number of hydrogen-bond donors (Lipinski definition) is 2. The van der Waals surface area contributed by atoms with Crippen molar-refractivity contribution in [3.05, 3.63) is 35.9 Å². The van der Waals surface area contributed by atoms with Crippen molar-refractivity contribution in [2.75, 3.05) is 13.1 Å². The third-order valence-corrected chi connectivity index (χ3v) is 5.43. The first-order valence-electron chi connectivity index (χ1n) is 8.01. The SMILES string of the molecule is CC(C)(C)[N+]1(C(=O)O)CCC(Cc2ccccc2)(C(=O)O)CC1. The van der Waals surface area contributed by atoms with Gasteiger partial charge in [-0.1, -0.05) is 30.3 Å². The van der Waals surface area contributed by atoms with E-state index in [4.69, 9.17) is 0 Å². The highest BCUT2D eigenvalue weighted by molar-refractivity contribution is 5.75. The molecule has 0 radical (unpaired) electrons. The van der Waals surface area contributed by atoms with E-state index in [9.17, 15) is 19.8 Å². The van der Waals surface area contributed by atoms with Crippen molar-refractivity contribution in [2.24, 2.45) is 5.41 Å². The van der Waals surface area contributed by atoms with E-state index < -0.39 is 23.0 Å². The van der Waals surface area contributed by atoms with Crippen LogP contribution < -0.4 is 0 Å². The van der Waals surface area contributed by atoms with Crippen LogP contribution in [0.2, 0.25) is 0 Å². The van der Waals surface area contributed by atoms with Gasteiger partial charge in [0.2, 0.25) is 0 Å². The second kappa shape index (κ2) is 5.96. The van der Waals surface area contributed by atoms with Crippen molar-refractivity contribution < 1.29 is 24.3 Å². The van der Waals surface area contributed by atoms with E-state index in [0.29, 0.717) is 32.4 Å². The molecule has 1 aromatic rings. The molecule has 5 nitrogen and oxygen atoms in total. The predicted molar refractivity (Wildman–Crippen MR) is 87.2 cm³/mol. The summed E-state index contributed by atoms with van der Waals surface area (Å²) in [6.45, 7) is 6.42.